The Morgan fingerprint density at radius 3 is 1.69 bits per heavy atom. The predicted molar refractivity (Wildman–Crippen MR) is 116 cm³/mol. The fourth-order valence-electron chi connectivity index (χ4n) is 3.82. The third-order valence-corrected chi connectivity index (χ3v) is 6.19. The molecular weight excluding hydrogens is 405 g/mol. The van der Waals surface area contributed by atoms with Gasteiger partial charge in [0, 0.05) is 16.5 Å². The number of benzene rings is 2. The van der Waals surface area contributed by atoms with Gasteiger partial charge in [-0.3, -0.25) is 4.79 Å². The number of halogens is 2. The summed E-state index contributed by atoms with van der Waals surface area (Å²) in [6, 6.07) is 17.7. The van der Waals surface area contributed by atoms with Gasteiger partial charge in [0.15, 0.2) is 0 Å². The summed E-state index contributed by atoms with van der Waals surface area (Å²) in [6.07, 6.45) is 5.71. The molecule has 0 spiro atoms. The van der Waals surface area contributed by atoms with Gasteiger partial charge < -0.3 is 5.11 Å². The Bertz CT molecular complexity index is 850. The molecule has 152 valence electrons. The van der Waals surface area contributed by atoms with Gasteiger partial charge in [-0.05, 0) is 84.7 Å². The highest BCUT2D eigenvalue weighted by Crippen LogP contribution is 2.45. The van der Waals surface area contributed by atoms with Crippen molar-refractivity contribution < 1.29 is 9.90 Å². The van der Waals surface area contributed by atoms with Crippen molar-refractivity contribution in [3.8, 4) is 6.07 Å². The van der Waals surface area contributed by atoms with E-state index in [0.29, 0.717) is 23.3 Å². The van der Waals surface area contributed by atoms with Gasteiger partial charge in [0.05, 0.1) is 12.5 Å². The first-order chi connectivity index (χ1) is 14.0. The lowest BCUT2D eigenvalue weighted by molar-refractivity contribution is -0.137. The topological polar surface area (TPSA) is 61.1 Å². The summed E-state index contributed by atoms with van der Waals surface area (Å²) in [5.41, 5.74) is 2.36. The summed E-state index contributed by atoms with van der Waals surface area (Å²) in [6.45, 7) is 0. The second kappa shape index (κ2) is 10.1. The van der Waals surface area contributed by atoms with Crippen molar-refractivity contribution >= 4 is 29.2 Å². The maximum absolute atomic E-state index is 10.8. The molecule has 0 aromatic heterocycles. The van der Waals surface area contributed by atoms with Crippen molar-refractivity contribution in [1.82, 2.24) is 0 Å². The highest BCUT2D eigenvalue weighted by atomic mass is 35.5. The van der Waals surface area contributed by atoms with Gasteiger partial charge in [-0.1, -0.05) is 47.5 Å². The highest BCUT2D eigenvalue weighted by Gasteiger charge is 2.33. The molecule has 2 aromatic carbocycles. The Kier molecular flexibility index (Phi) is 7.58. The maximum Gasteiger partial charge on any atom is 0.303 e. The van der Waals surface area contributed by atoms with Crippen molar-refractivity contribution in [3.05, 3.63) is 69.7 Å². The van der Waals surface area contributed by atoms with Gasteiger partial charge in [-0.2, -0.15) is 5.26 Å². The monoisotopic (exact) mass is 429 g/mol. The van der Waals surface area contributed by atoms with Crippen LogP contribution in [0.25, 0.3) is 0 Å². The Labute approximate surface area is 182 Å². The Hall–Kier alpha value is -2.02. The van der Waals surface area contributed by atoms with E-state index in [2.05, 4.69) is 6.07 Å². The molecule has 29 heavy (non-hydrogen) atoms. The van der Waals surface area contributed by atoms with E-state index in [1.165, 1.54) is 18.4 Å². The molecule has 2 aliphatic rings. The Morgan fingerprint density at radius 2 is 1.31 bits per heavy atom. The Morgan fingerprint density at radius 1 is 0.897 bits per heavy atom. The van der Waals surface area contributed by atoms with E-state index in [1.807, 2.05) is 48.5 Å². The third kappa shape index (κ3) is 6.77. The molecule has 0 radical (unpaired) electrons. The molecule has 0 saturated heterocycles. The zero-order chi connectivity index (χ0) is 20.8. The van der Waals surface area contributed by atoms with E-state index in [9.17, 15) is 4.79 Å². The lowest BCUT2D eigenvalue weighted by atomic mass is 9.91. The lowest BCUT2D eigenvalue weighted by Crippen LogP contribution is -2.08. The summed E-state index contributed by atoms with van der Waals surface area (Å²) in [4.78, 5) is 10.8. The number of carbonyl (C=O) groups is 1. The molecule has 0 unspecified atom stereocenters. The summed E-state index contributed by atoms with van der Waals surface area (Å²) in [7, 11) is 0. The van der Waals surface area contributed by atoms with Crippen molar-refractivity contribution in [2.24, 2.45) is 11.8 Å². The minimum absolute atomic E-state index is 0.166. The summed E-state index contributed by atoms with van der Waals surface area (Å²) in [5.74, 6) is 1.16. The summed E-state index contributed by atoms with van der Waals surface area (Å²) >= 11 is 11.6. The minimum Gasteiger partial charge on any atom is -0.481 e. The molecule has 2 atom stereocenters. The van der Waals surface area contributed by atoms with Crippen LogP contribution >= 0.6 is 23.2 Å². The van der Waals surface area contributed by atoms with E-state index in [4.69, 9.17) is 33.6 Å². The molecule has 0 heterocycles. The van der Waals surface area contributed by atoms with Crippen LogP contribution in [0.2, 0.25) is 10.0 Å². The van der Waals surface area contributed by atoms with Gasteiger partial charge in [-0.15, -0.1) is 0 Å². The SMILES string of the molecule is N#CC[C@@H](c1ccc(Cl)cc1)C1CC1.O=C(O)C[C@@H](c1ccc(Cl)cc1)C1CC1. The average molecular weight is 430 g/mol. The van der Waals surface area contributed by atoms with E-state index in [-0.39, 0.29) is 12.3 Å². The van der Waals surface area contributed by atoms with Crippen molar-refractivity contribution in [1.29, 1.82) is 5.26 Å². The van der Waals surface area contributed by atoms with Crippen LogP contribution in [0.3, 0.4) is 0 Å². The van der Waals surface area contributed by atoms with Gasteiger partial charge >= 0.3 is 5.97 Å². The number of nitriles is 1. The van der Waals surface area contributed by atoms with Crippen molar-refractivity contribution in [2.45, 2.75) is 50.4 Å². The second-order valence-corrected chi connectivity index (χ2v) is 8.82. The number of hydrogen-bond donors (Lipinski definition) is 1. The normalized spacial score (nSPS) is 17.4. The van der Waals surface area contributed by atoms with E-state index in [0.717, 1.165) is 29.3 Å². The fraction of sp³-hybridized carbons (Fsp3) is 0.417. The van der Waals surface area contributed by atoms with Crippen LogP contribution < -0.4 is 0 Å². The summed E-state index contributed by atoms with van der Waals surface area (Å²) in [5, 5.41) is 19.1. The molecule has 5 heteroatoms. The molecule has 2 fully saturated rings. The quantitative estimate of drug-likeness (QED) is 0.512. The molecule has 0 aliphatic heterocycles. The fourth-order valence-corrected chi connectivity index (χ4v) is 4.07. The molecule has 2 aliphatic carbocycles. The predicted octanol–water partition coefficient (Wildman–Crippen LogP) is 7.06. The van der Waals surface area contributed by atoms with Crippen molar-refractivity contribution in [3.63, 3.8) is 0 Å². The zero-order valence-corrected chi connectivity index (χ0v) is 17.7. The van der Waals surface area contributed by atoms with Gasteiger partial charge in [-0.25, -0.2) is 0 Å². The van der Waals surface area contributed by atoms with Crippen LogP contribution in [0.1, 0.15) is 61.5 Å². The molecule has 1 N–H and O–H groups in total. The number of carboxylic acid groups (broad SMARTS) is 1. The van der Waals surface area contributed by atoms with Crippen LogP contribution in [-0.2, 0) is 4.79 Å². The second-order valence-electron chi connectivity index (χ2n) is 7.95. The van der Waals surface area contributed by atoms with Gasteiger partial charge in [0.1, 0.15) is 0 Å². The third-order valence-electron chi connectivity index (χ3n) is 5.68. The standard InChI is InChI=1S/C12H12ClN.C12H13ClO2/c13-11-5-3-10(4-6-11)12(7-8-14)9-1-2-9;13-10-5-3-9(4-6-10)11(7-12(14)15)8-1-2-8/h3-6,9,12H,1-2,7H2;3-6,8,11H,1-2,7H2,(H,14,15)/t12-;11-/m11/s1. The van der Waals surface area contributed by atoms with Crippen LogP contribution in [0.5, 0.6) is 0 Å². The van der Waals surface area contributed by atoms with Crippen LogP contribution in [-0.4, -0.2) is 11.1 Å². The first kappa shape index (κ1) is 21.7. The van der Waals surface area contributed by atoms with Crippen LogP contribution in [0.15, 0.2) is 48.5 Å². The van der Waals surface area contributed by atoms with E-state index in [1.54, 1.807) is 0 Å². The summed E-state index contributed by atoms with van der Waals surface area (Å²) < 4.78 is 0. The number of rotatable bonds is 7. The van der Waals surface area contributed by atoms with Gasteiger partial charge in [0.2, 0.25) is 0 Å². The van der Waals surface area contributed by atoms with E-state index >= 15 is 0 Å². The minimum atomic E-state index is -0.721. The molecule has 0 bridgehead atoms. The molecule has 3 nitrogen and oxygen atoms in total. The largest absolute Gasteiger partial charge is 0.481 e. The smallest absolute Gasteiger partial charge is 0.303 e. The average Bonchev–Trinajstić information content (AvgIpc) is 3.60. The molecule has 0 amide bonds. The zero-order valence-electron chi connectivity index (χ0n) is 16.2. The number of hydrogen-bond acceptors (Lipinski definition) is 2. The molecule has 2 saturated carbocycles. The molecule has 4 rings (SSSR count). The molecule has 2 aromatic rings. The lowest BCUT2D eigenvalue weighted by Gasteiger charge is -2.14. The molecular formula is C24H25Cl2NO2. The Balaban J connectivity index is 0.000000166. The van der Waals surface area contributed by atoms with E-state index < -0.39 is 5.97 Å². The number of aliphatic carboxylic acids is 1. The van der Waals surface area contributed by atoms with Crippen LogP contribution in [0, 0.1) is 23.2 Å². The first-order valence-electron chi connectivity index (χ1n) is 10.1. The highest BCUT2D eigenvalue weighted by molar-refractivity contribution is 6.30. The first-order valence-corrected chi connectivity index (χ1v) is 10.8. The maximum atomic E-state index is 10.8. The van der Waals surface area contributed by atoms with Crippen LogP contribution in [0.4, 0.5) is 0 Å². The van der Waals surface area contributed by atoms with Gasteiger partial charge in [0.25, 0.3) is 0 Å². The number of nitrogens with zero attached hydrogens (tertiary/aromatic N) is 1. The van der Waals surface area contributed by atoms with Crippen molar-refractivity contribution in [2.75, 3.05) is 0 Å². The number of carboxylic acids is 1.